The molecule has 1 aromatic carbocycles. The van der Waals surface area contributed by atoms with Crippen LogP contribution in [0.2, 0.25) is 10.0 Å². The number of rotatable bonds is 4. The van der Waals surface area contributed by atoms with E-state index < -0.39 is 11.9 Å². The number of nitrogens with zero attached hydrogens (tertiary/aromatic N) is 1. The number of ether oxygens (including phenoxy) is 1. The fourth-order valence-corrected chi connectivity index (χ4v) is 2.80. The number of carboxylic acids is 2. The zero-order chi connectivity index (χ0) is 17.4. The lowest BCUT2D eigenvalue weighted by Gasteiger charge is -2.16. The highest BCUT2D eigenvalue weighted by Gasteiger charge is 2.12. The first-order valence-electron chi connectivity index (χ1n) is 7.08. The number of likely N-dealkylation sites (tertiary alicyclic amines) is 1. The Morgan fingerprint density at radius 2 is 1.74 bits per heavy atom. The third-order valence-corrected chi connectivity index (χ3v) is 3.73. The second kappa shape index (κ2) is 9.60. The van der Waals surface area contributed by atoms with Crippen molar-refractivity contribution in [3.05, 3.63) is 27.7 Å². The van der Waals surface area contributed by atoms with Crippen molar-refractivity contribution in [2.24, 2.45) is 0 Å². The van der Waals surface area contributed by atoms with Crippen LogP contribution in [-0.4, -0.2) is 53.3 Å². The monoisotopic (exact) mass is 363 g/mol. The van der Waals surface area contributed by atoms with Crippen LogP contribution in [0.3, 0.4) is 0 Å². The molecule has 0 unspecified atom stereocenters. The second-order valence-electron chi connectivity index (χ2n) is 5.04. The Hall–Kier alpha value is -1.50. The predicted molar refractivity (Wildman–Crippen MR) is 87.6 cm³/mol. The maximum Gasteiger partial charge on any atom is 0.414 e. The van der Waals surface area contributed by atoms with Gasteiger partial charge in [0.05, 0.1) is 5.02 Å². The summed E-state index contributed by atoms with van der Waals surface area (Å²) >= 11 is 12.0. The molecule has 1 fully saturated rings. The zero-order valence-corrected chi connectivity index (χ0v) is 14.2. The molecule has 2 N–H and O–H groups in total. The smallest absolute Gasteiger partial charge is 0.414 e. The van der Waals surface area contributed by atoms with E-state index in [-0.39, 0.29) is 0 Å². The molecule has 128 valence electrons. The molecule has 0 atom stereocenters. The summed E-state index contributed by atoms with van der Waals surface area (Å²) in [5, 5.41) is 16.0. The van der Waals surface area contributed by atoms with E-state index >= 15 is 0 Å². The number of hydrogen-bond acceptors (Lipinski definition) is 4. The number of hydrogen-bond donors (Lipinski definition) is 2. The molecule has 0 bridgehead atoms. The molecule has 0 radical (unpaired) electrons. The number of carbonyl (C=O) groups is 2. The number of benzene rings is 1. The van der Waals surface area contributed by atoms with Crippen molar-refractivity contribution in [2.45, 2.75) is 19.8 Å². The summed E-state index contributed by atoms with van der Waals surface area (Å²) in [6.45, 7) is 6.00. The predicted octanol–water partition coefficient (Wildman–Crippen LogP) is 2.93. The summed E-state index contributed by atoms with van der Waals surface area (Å²) in [4.78, 5) is 20.6. The Balaban J connectivity index is 0.000000379. The average molecular weight is 364 g/mol. The quantitative estimate of drug-likeness (QED) is 0.799. The Morgan fingerprint density at radius 1 is 1.17 bits per heavy atom. The summed E-state index contributed by atoms with van der Waals surface area (Å²) in [5.41, 5.74) is 0.990. The van der Waals surface area contributed by atoms with Crippen LogP contribution >= 0.6 is 23.2 Å². The van der Waals surface area contributed by atoms with Gasteiger partial charge in [-0.2, -0.15) is 0 Å². The van der Waals surface area contributed by atoms with Crippen LogP contribution in [-0.2, 0) is 9.59 Å². The molecular formula is C15H19Cl2NO5. The highest BCUT2D eigenvalue weighted by Crippen LogP contribution is 2.31. The molecule has 0 spiro atoms. The lowest BCUT2D eigenvalue weighted by Crippen LogP contribution is -2.25. The van der Waals surface area contributed by atoms with Gasteiger partial charge in [0, 0.05) is 11.6 Å². The van der Waals surface area contributed by atoms with Gasteiger partial charge in [-0.1, -0.05) is 23.2 Å². The minimum atomic E-state index is -1.82. The third kappa shape index (κ3) is 7.07. The van der Waals surface area contributed by atoms with E-state index in [1.807, 2.05) is 13.0 Å². The molecule has 6 nitrogen and oxygen atoms in total. The van der Waals surface area contributed by atoms with Gasteiger partial charge < -0.3 is 14.9 Å². The van der Waals surface area contributed by atoms with Crippen LogP contribution in [0.1, 0.15) is 18.4 Å². The number of halogens is 2. The van der Waals surface area contributed by atoms with Gasteiger partial charge in [-0.3, -0.25) is 4.90 Å². The largest absolute Gasteiger partial charge is 0.490 e. The van der Waals surface area contributed by atoms with Crippen molar-refractivity contribution < 1.29 is 24.5 Å². The molecule has 0 aliphatic carbocycles. The van der Waals surface area contributed by atoms with Gasteiger partial charge >= 0.3 is 11.9 Å². The number of aliphatic carboxylic acids is 2. The molecule has 1 aromatic rings. The molecule has 23 heavy (non-hydrogen) atoms. The van der Waals surface area contributed by atoms with E-state index in [1.165, 1.54) is 25.9 Å². The van der Waals surface area contributed by atoms with E-state index in [2.05, 4.69) is 4.90 Å². The SMILES string of the molecule is Cc1cc(Cl)cc(Cl)c1OCCN1CCCC1.O=C(O)C(=O)O. The lowest BCUT2D eigenvalue weighted by atomic mass is 10.2. The summed E-state index contributed by atoms with van der Waals surface area (Å²) in [5.74, 6) is -2.89. The third-order valence-electron chi connectivity index (χ3n) is 3.23. The molecule has 8 heteroatoms. The van der Waals surface area contributed by atoms with Crippen LogP contribution in [0.5, 0.6) is 5.75 Å². The van der Waals surface area contributed by atoms with Crippen molar-refractivity contribution >= 4 is 35.1 Å². The summed E-state index contributed by atoms with van der Waals surface area (Å²) in [6.07, 6.45) is 2.61. The van der Waals surface area contributed by atoms with Crippen molar-refractivity contribution in [1.82, 2.24) is 4.90 Å². The molecular weight excluding hydrogens is 345 g/mol. The van der Waals surface area contributed by atoms with Crippen LogP contribution in [0.25, 0.3) is 0 Å². The van der Waals surface area contributed by atoms with Crippen molar-refractivity contribution in [2.75, 3.05) is 26.2 Å². The standard InChI is InChI=1S/C13H17Cl2NO.C2H2O4/c1-10-8-11(14)9-12(15)13(10)17-7-6-16-4-2-3-5-16;3-1(4)2(5)6/h8-9H,2-7H2,1H3;(H,3,4)(H,5,6). The first-order chi connectivity index (χ1) is 10.8. The fraction of sp³-hybridized carbons (Fsp3) is 0.467. The van der Waals surface area contributed by atoms with Gasteiger partial charge in [0.25, 0.3) is 0 Å². The lowest BCUT2D eigenvalue weighted by molar-refractivity contribution is -0.159. The second-order valence-corrected chi connectivity index (χ2v) is 5.88. The van der Waals surface area contributed by atoms with Gasteiger partial charge in [-0.05, 0) is 50.6 Å². The van der Waals surface area contributed by atoms with Gasteiger partial charge in [-0.15, -0.1) is 0 Å². The maximum atomic E-state index is 9.10. The number of aryl methyl sites for hydroxylation is 1. The van der Waals surface area contributed by atoms with E-state index in [4.69, 9.17) is 47.7 Å². The molecule has 0 amide bonds. The first kappa shape index (κ1) is 19.5. The van der Waals surface area contributed by atoms with Crippen molar-refractivity contribution in [1.29, 1.82) is 0 Å². The maximum absolute atomic E-state index is 9.10. The van der Waals surface area contributed by atoms with Gasteiger partial charge in [0.2, 0.25) is 0 Å². The van der Waals surface area contributed by atoms with Gasteiger partial charge in [-0.25, -0.2) is 9.59 Å². The van der Waals surface area contributed by atoms with Gasteiger partial charge in [0.1, 0.15) is 12.4 Å². The fourth-order valence-electron chi connectivity index (χ4n) is 2.15. The highest BCUT2D eigenvalue weighted by molar-refractivity contribution is 6.35. The molecule has 0 saturated carbocycles. The van der Waals surface area contributed by atoms with Crippen LogP contribution in [0, 0.1) is 6.92 Å². The average Bonchev–Trinajstić information content (AvgIpc) is 2.95. The molecule has 0 aromatic heterocycles. The van der Waals surface area contributed by atoms with Crippen LogP contribution in [0.15, 0.2) is 12.1 Å². The summed E-state index contributed by atoms with van der Waals surface area (Å²) in [7, 11) is 0. The Labute approximate surface area is 144 Å². The Morgan fingerprint density at radius 3 is 2.22 bits per heavy atom. The molecule has 1 saturated heterocycles. The van der Waals surface area contributed by atoms with Gasteiger partial charge in [0.15, 0.2) is 0 Å². The highest BCUT2D eigenvalue weighted by atomic mass is 35.5. The topological polar surface area (TPSA) is 87.1 Å². The zero-order valence-electron chi connectivity index (χ0n) is 12.7. The molecule has 1 heterocycles. The Bertz CT molecular complexity index is 524. The Kier molecular flexibility index (Phi) is 8.16. The minimum absolute atomic E-state index is 0.594. The van der Waals surface area contributed by atoms with Crippen molar-refractivity contribution in [3.8, 4) is 5.75 Å². The van der Waals surface area contributed by atoms with E-state index in [0.717, 1.165) is 17.9 Å². The molecule has 1 aliphatic rings. The van der Waals surface area contributed by atoms with E-state index in [9.17, 15) is 0 Å². The summed E-state index contributed by atoms with van der Waals surface area (Å²) < 4.78 is 5.75. The van der Waals surface area contributed by atoms with Crippen LogP contribution < -0.4 is 4.74 Å². The normalized spacial score (nSPS) is 14.0. The molecule has 1 aliphatic heterocycles. The van der Waals surface area contributed by atoms with E-state index in [1.54, 1.807) is 6.07 Å². The summed E-state index contributed by atoms with van der Waals surface area (Å²) in [6, 6.07) is 3.60. The first-order valence-corrected chi connectivity index (χ1v) is 7.84. The minimum Gasteiger partial charge on any atom is -0.490 e. The van der Waals surface area contributed by atoms with Crippen molar-refractivity contribution in [3.63, 3.8) is 0 Å². The van der Waals surface area contributed by atoms with Crippen LogP contribution in [0.4, 0.5) is 0 Å². The number of carboxylic acid groups (broad SMARTS) is 2. The van der Waals surface area contributed by atoms with E-state index in [0.29, 0.717) is 16.7 Å². The molecule has 2 rings (SSSR count).